The van der Waals surface area contributed by atoms with E-state index in [1.807, 2.05) is 5.32 Å². The third kappa shape index (κ3) is 6.07. The Morgan fingerprint density at radius 1 is 1.10 bits per heavy atom. The highest BCUT2D eigenvalue weighted by atomic mass is 31.2. The van der Waals surface area contributed by atoms with E-state index in [0.29, 0.717) is 5.69 Å². The molecule has 0 bridgehead atoms. The molecule has 117 valence electrons. The molecule has 0 saturated carbocycles. The summed E-state index contributed by atoms with van der Waals surface area (Å²) in [6, 6.07) is 6.39. The predicted octanol–water partition coefficient (Wildman–Crippen LogP) is 0.0359. The van der Waals surface area contributed by atoms with Crippen molar-refractivity contribution in [3.05, 3.63) is 36.8 Å². The number of anilines is 1. The van der Waals surface area contributed by atoms with Crippen LogP contribution in [0.25, 0.3) is 0 Å². The van der Waals surface area contributed by atoms with Crippen LogP contribution in [0.1, 0.15) is 5.56 Å². The molecule has 0 heterocycles. The van der Waals surface area contributed by atoms with Gasteiger partial charge in [-0.05, 0) is 24.6 Å². The molecule has 1 amide bonds. The van der Waals surface area contributed by atoms with Gasteiger partial charge in [-0.15, -0.1) is 0 Å². The van der Waals surface area contributed by atoms with Gasteiger partial charge in [-0.1, -0.05) is 12.1 Å². The van der Waals surface area contributed by atoms with Crippen LogP contribution in [0.15, 0.2) is 24.3 Å². The quantitative estimate of drug-likeness (QED) is 0.397. The lowest BCUT2D eigenvalue weighted by atomic mass is 10.2. The molecule has 1 radical (unpaired) electrons. The maximum Gasteiger partial charge on any atom is 0.354 e. The Morgan fingerprint density at radius 2 is 1.57 bits per heavy atom. The number of rotatable bonds is 6. The van der Waals surface area contributed by atoms with Crippen LogP contribution in [0.2, 0.25) is 0 Å². The molecule has 0 unspecified atom stereocenters. The Labute approximate surface area is 120 Å². The molecular weight excluding hydrogens is 322 g/mol. The first-order chi connectivity index (χ1) is 9.50. The molecule has 0 aliphatic carbocycles. The van der Waals surface area contributed by atoms with E-state index in [0.717, 1.165) is 5.56 Å². The van der Waals surface area contributed by atoms with E-state index in [-0.39, 0.29) is 0 Å². The molecule has 0 spiro atoms. The summed E-state index contributed by atoms with van der Waals surface area (Å²) in [5.41, 5.74) is -1.27. The van der Waals surface area contributed by atoms with Crippen LogP contribution in [0, 0.1) is 6.92 Å². The summed E-state index contributed by atoms with van der Waals surface area (Å²) in [5.74, 6) is -0.710. The van der Waals surface area contributed by atoms with Crippen LogP contribution < -0.4 is 10.6 Å². The predicted molar refractivity (Wildman–Crippen MR) is 75.4 cm³/mol. The smallest absolute Gasteiger partial charge is 0.325 e. The summed E-state index contributed by atoms with van der Waals surface area (Å²) in [7, 11) is -10.2. The topological polar surface area (TPSA) is 156 Å². The van der Waals surface area contributed by atoms with E-state index in [1.165, 1.54) is 0 Å². The van der Waals surface area contributed by atoms with Crippen molar-refractivity contribution in [2.45, 2.75) is 5.52 Å². The van der Waals surface area contributed by atoms with Crippen molar-refractivity contribution in [3.8, 4) is 0 Å². The summed E-state index contributed by atoms with van der Waals surface area (Å²) in [5, 5.41) is 4.27. The summed E-state index contributed by atoms with van der Waals surface area (Å²) in [6.07, 6.45) is 0. The highest BCUT2D eigenvalue weighted by molar-refractivity contribution is 7.70. The lowest BCUT2D eigenvalue weighted by Gasteiger charge is -2.20. The van der Waals surface area contributed by atoms with Crippen molar-refractivity contribution in [1.29, 1.82) is 0 Å². The van der Waals surface area contributed by atoms with Gasteiger partial charge in [0.05, 0.1) is 6.54 Å². The zero-order valence-corrected chi connectivity index (χ0v) is 12.5. The van der Waals surface area contributed by atoms with Gasteiger partial charge in [-0.2, -0.15) is 0 Å². The molecule has 1 aromatic carbocycles. The van der Waals surface area contributed by atoms with E-state index in [4.69, 9.17) is 19.6 Å². The maximum absolute atomic E-state index is 11.6. The fraction of sp³-hybridized carbons (Fsp3) is 0.200. The van der Waals surface area contributed by atoms with Gasteiger partial charge in [0, 0.05) is 5.69 Å². The first-order valence-electron chi connectivity index (χ1n) is 5.56. The van der Waals surface area contributed by atoms with Gasteiger partial charge in [0.25, 0.3) is 0 Å². The molecule has 21 heavy (non-hydrogen) atoms. The number of carbonyl (C=O) groups is 1. The lowest BCUT2D eigenvalue weighted by molar-refractivity contribution is -0.115. The number of nitrogens with one attached hydrogen (secondary N) is 2. The van der Waals surface area contributed by atoms with E-state index >= 15 is 0 Å². The van der Waals surface area contributed by atoms with Crippen molar-refractivity contribution in [1.82, 2.24) is 5.32 Å². The average molecular weight is 337 g/mol. The molecule has 11 heteroatoms. The summed E-state index contributed by atoms with van der Waals surface area (Å²) < 4.78 is 22.0. The SMILES string of the molecule is [CH2]c1ccc(NC(=O)CNC(P(=O)(O)O)P(=O)(O)O)cc1. The average Bonchev–Trinajstić information content (AvgIpc) is 2.28. The van der Waals surface area contributed by atoms with Crippen molar-refractivity contribution in [2.24, 2.45) is 0 Å². The molecule has 0 aliphatic heterocycles. The van der Waals surface area contributed by atoms with Crippen LogP contribution in [0.4, 0.5) is 5.69 Å². The Kier molecular flexibility index (Phi) is 5.83. The largest absolute Gasteiger partial charge is 0.354 e. The van der Waals surface area contributed by atoms with Gasteiger partial charge in [0.2, 0.25) is 11.4 Å². The molecule has 0 saturated heterocycles. The zero-order valence-electron chi connectivity index (χ0n) is 10.7. The third-order valence-electron chi connectivity index (χ3n) is 2.32. The van der Waals surface area contributed by atoms with Gasteiger partial charge in [-0.3, -0.25) is 19.2 Å². The minimum atomic E-state index is -5.11. The zero-order chi connectivity index (χ0) is 16.3. The van der Waals surface area contributed by atoms with E-state index in [2.05, 4.69) is 12.2 Å². The minimum Gasteiger partial charge on any atom is -0.325 e. The molecule has 6 N–H and O–H groups in total. The van der Waals surface area contributed by atoms with Crippen LogP contribution in [0.5, 0.6) is 0 Å². The monoisotopic (exact) mass is 337 g/mol. The standard InChI is InChI=1S/C10H15N2O7P2/c1-7-2-4-8(5-3-7)12-9(13)6-11-10(20(14,15)16)21(17,18)19/h2-5,10-11H,1,6H2,(H,12,13)(H2,14,15,16)(H2,17,18,19). The summed E-state index contributed by atoms with van der Waals surface area (Å²) in [6.45, 7) is 2.98. The minimum absolute atomic E-state index is 0.415. The third-order valence-corrected chi connectivity index (χ3v) is 5.76. The second-order valence-electron chi connectivity index (χ2n) is 4.18. The lowest BCUT2D eigenvalue weighted by Crippen LogP contribution is -2.36. The Bertz CT molecular complexity index is 570. The number of hydrogen-bond acceptors (Lipinski definition) is 4. The van der Waals surface area contributed by atoms with Crippen molar-refractivity contribution < 1.29 is 33.5 Å². The molecule has 0 aliphatic rings. The fourth-order valence-electron chi connectivity index (χ4n) is 1.41. The van der Waals surface area contributed by atoms with Gasteiger partial charge in [-0.25, -0.2) is 0 Å². The molecular formula is C10H15N2O7P2. The first-order valence-corrected chi connectivity index (χ1v) is 8.92. The van der Waals surface area contributed by atoms with Crippen molar-refractivity contribution in [2.75, 3.05) is 11.9 Å². The van der Waals surface area contributed by atoms with Crippen molar-refractivity contribution in [3.63, 3.8) is 0 Å². The Hall–Kier alpha value is -1.05. The second-order valence-corrected chi connectivity index (χ2v) is 7.97. The fourth-order valence-corrected chi connectivity index (χ4v) is 3.64. The normalized spacial score (nSPS) is 12.5. The van der Waals surface area contributed by atoms with Crippen molar-refractivity contribution >= 4 is 26.8 Å². The summed E-state index contributed by atoms with van der Waals surface area (Å²) >= 11 is 0. The molecule has 9 nitrogen and oxygen atoms in total. The van der Waals surface area contributed by atoms with Gasteiger partial charge >= 0.3 is 15.2 Å². The highest BCUT2D eigenvalue weighted by Gasteiger charge is 2.43. The maximum atomic E-state index is 11.6. The Morgan fingerprint density at radius 3 is 2.00 bits per heavy atom. The Balaban J connectivity index is 2.64. The molecule has 1 rings (SSSR count). The van der Waals surface area contributed by atoms with E-state index < -0.39 is 33.2 Å². The highest BCUT2D eigenvalue weighted by Crippen LogP contribution is 2.58. The van der Waals surface area contributed by atoms with Crippen LogP contribution >= 0.6 is 15.2 Å². The first kappa shape index (κ1) is 18.0. The number of amides is 1. The van der Waals surface area contributed by atoms with E-state index in [9.17, 15) is 13.9 Å². The van der Waals surface area contributed by atoms with Gasteiger partial charge in [0.1, 0.15) is 0 Å². The summed E-state index contributed by atoms with van der Waals surface area (Å²) in [4.78, 5) is 47.0. The molecule has 1 aromatic rings. The van der Waals surface area contributed by atoms with Crippen LogP contribution in [-0.4, -0.2) is 37.5 Å². The number of benzene rings is 1. The second kappa shape index (κ2) is 6.81. The van der Waals surface area contributed by atoms with Crippen LogP contribution in [0.3, 0.4) is 0 Å². The molecule has 0 aromatic heterocycles. The van der Waals surface area contributed by atoms with Gasteiger partial charge < -0.3 is 24.9 Å². The van der Waals surface area contributed by atoms with Gasteiger partial charge in [0.15, 0.2) is 0 Å². The molecule has 0 fully saturated rings. The van der Waals surface area contributed by atoms with Crippen LogP contribution in [-0.2, 0) is 13.9 Å². The number of carbonyl (C=O) groups excluding carboxylic acids is 1. The number of hydrogen-bond donors (Lipinski definition) is 6. The molecule has 0 atom stereocenters. The van der Waals surface area contributed by atoms with E-state index in [1.54, 1.807) is 24.3 Å².